The minimum atomic E-state index is 0.157. The average Bonchev–Trinajstić information content (AvgIpc) is 3.29. The van der Waals surface area contributed by atoms with Crippen molar-refractivity contribution in [3.05, 3.63) is 41.8 Å². The Morgan fingerprint density at radius 3 is 2.48 bits per heavy atom. The number of amides is 1. The van der Waals surface area contributed by atoms with E-state index >= 15 is 0 Å². The van der Waals surface area contributed by atoms with E-state index in [-0.39, 0.29) is 11.8 Å². The maximum atomic E-state index is 12.7. The molecular formula is C19H24N4O2. The van der Waals surface area contributed by atoms with Gasteiger partial charge in [0.15, 0.2) is 0 Å². The summed E-state index contributed by atoms with van der Waals surface area (Å²) in [6.07, 6.45) is 0.977. The van der Waals surface area contributed by atoms with Crippen molar-refractivity contribution in [1.82, 2.24) is 15.1 Å². The largest absolute Gasteiger partial charge is 0.408 e. The fourth-order valence-corrected chi connectivity index (χ4v) is 3.48. The molecule has 0 N–H and O–H groups in total. The van der Waals surface area contributed by atoms with E-state index in [0.717, 1.165) is 32.6 Å². The third-order valence-corrected chi connectivity index (χ3v) is 5.12. The van der Waals surface area contributed by atoms with Crippen LogP contribution in [-0.2, 0) is 4.79 Å². The summed E-state index contributed by atoms with van der Waals surface area (Å²) in [7, 11) is 0. The third-order valence-electron chi connectivity index (χ3n) is 5.12. The number of hydrogen-bond acceptors (Lipinski definition) is 5. The molecule has 4 rings (SSSR count). The lowest BCUT2D eigenvalue weighted by Crippen LogP contribution is -2.49. The molecule has 2 heterocycles. The number of rotatable bonds is 4. The number of benzene rings is 1. The Morgan fingerprint density at radius 1 is 1.12 bits per heavy atom. The lowest BCUT2D eigenvalue weighted by molar-refractivity contribution is -0.133. The molecule has 2 atom stereocenters. The van der Waals surface area contributed by atoms with Gasteiger partial charge in [0.25, 0.3) is 0 Å². The van der Waals surface area contributed by atoms with Crippen molar-refractivity contribution in [2.24, 2.45) is 5.92 Å². The van der Waals surface area contributed by atoms with E-state index < -0.39 is 0 Å². The van der Waals surface area contributed by atoms with E-state index in [2.05, 4.69) is 27.2 Å². The van der Waals surface area contributed by atoms with Gasteiger partial charge in [-0.05, 0) is 17.9 Å². The Morgan fingerprint density at radius 2 is 1.84 bits per heavy atom. The molecule has 0 spiro atoms. The summed E-state index contributed by atoms with van der Waals surface area (Å²) < 4.78 is 5.72. The molecule has 6 nitrogen and oxygen atoms in total. The maximum Gasteiger partial charge on any atom is 0.318 e. The first-order valence-corrected chi connectivity index (χ1v) is 9.05. The lowest BCUT2D eigenvalue weighted by atomic mass is 10.1. The van der Waals surface area contributed by atoms with E-state index in [1.807, 2.05) is 36.9 Å². The zero-order chi connectivity index (χ0) is 17.4. The number of anilines is 1. The average molecular weight is 340 g/mol. The highest BCUT2D eigenvalue weighted by Gasteiger charge is 2.46. The maximum absolute atomic E-state index is 12.7. The molecule has 1 aromatic carbocycles. The molecule has 1 saturated heterocycles. The van der Waals surface area contributed by atoms with Crippen LogP contribution in [0.5, 0.6) is 0 Å². The predicted octanol–water partition coefficient (Wildman–Crippen LogP) is 2.65. The molecule has 2 aromatic rings. The molecular weight excluding hydrogens is 316 g/mol. The Kier molecular flexibility index (Phi) is 4.19. The number of hydrogen-bond donors (Lipinski definition) is 0. The van der Waals surface area contributed by atoms with Crippen LogP contribution < -0.4 is 4.90 Å². The van der Waals surface area contributed by atoms with Crippen molar-refractivity contribution in [3.63, 3.8) is 0 Å². The van der Waals surface area contributed by atoms with Gasteiger partial charge in [-0.25, -0.2) is 0 Å². The van der Waals surface area contributed by atoms with Gasteiger partial charge in [-0.3, -0.25) is 4.79 Å². The van der Waals surface area contributed by atoms with Crippen LogP contribution in [0.15, 0.2) is 34.7 Å². The van der Waals surface area contributed by atoms with Crippen LogP contribution in [0.2, 0.25) is 0 Å². The summed E-state index contributed by atoms with van der Waals surface area (Å²) in [5.74, 6) is 1.74. The summed E-state index contributed by atoms with van der Waals surface area (Å²) in [5.41, 5.74) is 1.28. The van der Waals surface area contributed by atoms with Crippen molar-refractivity contribution in [2.45, 2.75) is 32.1 Å². The van der Waals surface area contributed by atoms with E-state index in [0.29, 0.717) is 23.7 Å². The first-order chi connectivity index (χ1) is 12.1. The van der Waals surface area contributed by atoms with Crippen molar-refractivity contribution < 1.29 is 9.21 Å². The number of nitrogens with zero attached hydrogens (tertiary/aromatic N) is 4. The minimum absolute atomic E-state index is 0.157. The monoisotopic (exact) mass is 340 g/mol. The van der Waals surface area contributed by atoms with Gasteiger partial charge in [0.05, 0.1) is 0 Å². The summed E-state index contributed by atoms with van der Waals surface area (Å²) in [4.78, 5) is 16.8. The number of aromatic nitrogens is 2. The topological polar surface area (TPSA) is 62.5 Å². The molecule has 132 valence electrons. The van der Waals surface area contributed by atoms with Gasteiger partial charge in [0.2, 0.25) is 11.8 Å². The third kappa shape index (κ3) is 3.25. The van der Waals surface area contributed by atoms with Gasteiger partial charge in [0, 0.05) is 38.0 Å². The zero-order valence-corrected chi connectivity index (χ0v) is 14.8. The Bertz CT molecular complexity index is 735. The van der Waals surface area contributed by atoms with Gasteiger partial charge in [-0.1, -0.05) is 49.3 Å². The van der Waals surface area contributed by atoms with Crippen LogP contribution in [-0.4, -0.2) is 47.2 Å². The van der Waals surface area contributed by atoms with Crippen LogP contribution >= 0.6 is 0 Å². The molecule has 2 unspecified atom stereocenters. The molecule has 0 bridgehead atoms. The molecule has 1 aliphatic heterocycles. The molecule has 0 radical (unpaired) electrons. The van der Waals surface area contributed by atoms with Crippen LogP contribution in [0.1, 0.15) is 43.6 Å². The normalized spacial score (nSPS) is 23.2. The van der Waals surface area contributed by atoms with E-state index in [1.54, 1.807) is 0 Å². The summed E-state index contributed by atoms with van der Waals surface area (Å²) in [6.45, 7) is 6.99. The van der Waals surface area contributed by atoms with Crippen molar-refractivity contribution in [2.75, 3.05) is 31.1 Å². The summed E-state index contributed by atoms with van der Waals surface area (Å²) >= 11 is 0. The summed E-state index contributed by atoms with van der Waals surface area (Å²) in [6, 6.07) is 10.9. The van der Waals surface area contributed by atoms with Crippen molar-refractivity contribution >= 4 is 11.9 Å². The Labute approximate surface area is 147 Å². The minimum Gasteiger partial charge on any atom is -0.408 e. The molecule has 1 aromatic heterocycles. The molecule has 2 aliphatic rings. The summed E-state index contributed by atoms with van der Waals surface area (Å²) in [5, 5.41) is 8.22. The fourth-order valence-electron chi connectivity index (χ4n) is 3.48. The van der Waals surface area contributed by atoms with Gasteiger partial charge in [-0.15, -0.1) is 5.10 Å². The van der Waals surface area contributed by atoms with Crippen LogP contribution in [0.3, 0.4) is 0 Å². The molecule has 2 fully saturated rings. The van der Waals surface area contributed by atoms with Gasteiger partial charge in [-0.2, -0.15) is 0 Å². The van der Waals surface area contributed by atoms with E-state index in [9.17, 15) is 4.79 Å². The smallest absolute Gasteiger partial charge is 0.318 e. The molecule has 1 aliphatic carbocycles. The Balaban J connectivity index is 1.32. The number of carbonyl (C=O) groups is 1. The standard InChI is InChI=1S/C19H24N4O2/c1-13(2)17-20-21-19(25-17)23-10-8-22(9-11-23)18(24)16-12-15(16)14-6-4-3-5-7-14/h3-7,13,15-16H,8-12H2,1-2H3. The molecule has 25 heavy (non-hydrogen) atoms. The highest BCUT2D eigenvalue weighted by Crippen LogP contribution is 2.48. The number of piperazine rings is 1. The second-order valence-corrected chi connectivity index (χ2v) is 7.25. The van der Waals surface area contributed by atoms with Gasteiger partial charge < -0.3 is 14.2 Å². The second-order valence-electron chi connectivity index (χ2n) is 7.25. The quantitative estimate of drug-likeness (QED) is 0.856. The second kappa shape index (κ2) is 6.50. The van der Waals surface area contributed by atoms with E-state index in [1.165, 1.54) is 5.56 Å². The van der Waals surface area contributed by atoms with Gasteiger partial charge >= 0.3 is 6.01 Å². The van der Waals surface area contributed by atoms with Crippen LogP contribution in [0.25, 0.3) is 0 Å². The SMILES string of the molecule is CC(C)c1nnc(N2CCN(C(=O)C3CC3c3ccccc3)CC2)o1. The van der Waals surface area contributed by atoms with Crippen LogP contribution in [0, 0.1) is 5.92 Å². The first-order valence-electron chi connectivity index (χ1n) is 9.05. The predicted molar refractivity (Wildman–Crippen MR) is 94.5 cm³/mol. The molecule has 1 amide bonds. The molecule has 1 saturated carbocycles. The lowest BCUT2D eigenvalue weighted by Gasteiger charge is -2.33. The zero-order valence-electron chi connectivity index (χ0n) is 14.8. The Hall–Kier alpha value is -2.37. The highest BCUT2D eigenvalue weighted by molar-refractivity contribution is 5.83. The van der Waals surface area contributed by atoms with Crippen molar-refractivity contribution in [1.29, 1.82) is 0 Å². The molecule has 6 heteroatoms. The number of carbonyl (C=O) groups excluding carboxylic acids is 1. The fraction of sp³-hybridized carbons (Fsp3) is 0.526. The van der Waals surface area contributed by atoms with Crippen LogP contribution in [0.4, 0.5) is 6.01 Å². The van der Waals surface area contributed by atoms with E-state index in [4.69, 9.17) is 4.42 Å². The van der Waals surface area contributed by atoms with Crippen molar-refractivity contribution in [3.8, 4) is 0 Å². The highest BCUT2D eigenvalue weighted by atomic mass is 16.4. The first kappa shape index (κ1) is 16.1. The van der Waals surface area contributed by atoms with Gasteiger partial charge in [0.1, 0.15) is 0 Å².